The van der Waals surface area contributed by atoms with Gasteiger partial charge in [-0.2, -0.15) is 0 Å². The maximum absolute atomic E-state index is 12.9. The highest BCUT2D eigenvalue weighted by Crippen LogP contribution is 2.24. The summed E-state index contributed by atoms with van der Waals surface area (Å²) in [6.45, 7) is 7.02. The highest BCUT2D eigenvalue weighted by Gasteiger charge is 2.31. The molecule has 0 saturated carbocycles. The summed E-state index contributed by atoms with van der Waals surface area (Å²) >= 11 is 0. The Balaban J connectivity index is 2.25. The van der Waals surface area contributed by atoms with Gasteiger partial charge in [-0.05, 0) is 36.1 Å². The third-order valence-corrected chi connectivity index (χ3v) is 4.95. The molecule has 2 rings (SSSR count). The van der Waals surface area contributed by atoms with Crippen LogP contribution in [-0.2, 0) is 16.6 Å². The quantitative estimate of drug-likeness (QED) is 0.626. The molecule has 0 aliphatic rings. The van der Waals surface area contributed by atoms with Crippen molar-refractivity contribution < 1.29 is 24.2 Å². The number of nitrogens with zero attached hydrogens (tertiary/aromatic N) is 1. The summed E-state index contributed by atoms with van der Waals surface area (Å²) in [4.78, 5) is 37.0. The lowest BCUT2D eigenvalue weighted by Gasteiger charge is -2.25. The molecule has 2 amide bonds. The minimum Gasteiger partial charge on any atom is -0.497 e. The zero-order valence-corrected chi connectivity index (χ0v) is 17.6. The van der Waals surface area contributed by atoms with Gasteiger partial charge in [0.15, 0.2) is 0 Å². The number of amides is 2. The van der Waals surface area contributed by atoms with Crippen molar-refractivity contribution >= 4 is 28.7 Å². The number of carbonyl (C=O) groups is 3. The summed E-state index contributed by atoms with van der Waals surface area (Å²) < 4.78 is 6.97. The van der Waals surface area contributed by atoms with Gasteiger partial charge in [0.2, 0.25) is 5.91 Å². The Morgan fingerprint density at radius 2 is 1.62 bits per heavy atom. The SMILES string of the molecule is COc1ccc2c(c1)cc(C(=O)NC(C(=O)NC(C(=O)O)C(C)C)C(C)C)n2C. The van der Waals surface area contributed by atoms with Crippen molar-refractivity contribution in [1.82, 2.24) is 15.2 Å². The van der Waals surface area contributed by atoms with Gasteiger partial charge in [0.1, 0.15) is 23.5 Å². The molecule has 0 spiro atoms. The molecule has 1 aromatic carbocycles. The molecule has 0 bridgehead atoms. The van der Waals surface area contributed by atoms with Gasteiger partial charge in [0.05, 0.1) is 7.11 Å². The Hall–Kier alpha value is -3.03. The molecule has 8 heteroatoms. The van der Waals surface area contributed by atoms with Gasteiger partial charge in [-0.15, -0.1) is 0 Å². The Bertz CT molecular complexity index is 916. The third kappa shape index (κ3) is 4.88. The van der Waals surface area contributed by atoms with Crippen LogP contribution < -0.4 is 15.4 Å². The number of carboxylic acid groups (broad SMARTS) is 1. The van der Waals surface area contributed by atoms with Crippen LogP contribution in [0.3, 0.4) is 0 Å². The van der Waals surface area contributed by atoms with Crippen molar-refractivity contribution in [2.75, 3.05) is 7.11 Å². The number of nitrogens with one attached hydrogen (secondary N) is 2. The van der Waals surface area contributed by atoms with E-state index in [1.165, 1.54) is 0 Å². The third-order valence-electron chi connectivity index (χ3n) is 4.95. The van der Waals surface area contributed by atoms with Crippen molar-refractivity contribution in [3.05, 3.63) is 30.0 Å². The van der Waals surface area contributed by atoms with Crippen molar-refractivity contribution in [1.29, 1.82) is 0 Å². The first-order valence-electron chi connectivity index (χ1n) is 9.54. The summed E-state index contributed by atoms with van der Waals surface area (Å²) in [6, 6.07) is 5.35. The number of carbonyl (C=O) groups excluding carboxylic acids is 2. The molecule has 0 aliphatic heterocycles. The summed E-state index contributed by atoms with van der Waals surface area (Å²) in [5.41, 5.74) is 1.25. The molecule has 0 saturated heterocycles. The molecule has 8 nitrogen and oxygen atoms in total. The average Bonchev–Trinajstić information content (AvgIpc) is 2.98. The van der Waals surface area contributed by atoms with E-state index in [1.807, 2.05) is 18.2 Å². The molecule has 0 fully saturated rings. The number of rotatable bonds is 8. The number of ether oxygens (including phenoxy) is 1. The second-order valence-corrected chi connectivity index (χ2v) is 7.78. The standard InChI is InChI=1S/C21H29N3O5/c1-11(2)17(20(26)23-18(12(3)4)21(27)28)22-19(25)16-10-13-9-14(29-6)7-8-15(13)24(16)5/h7-12,17-18H,1-6H3,(H,22,25)(H,23,26)(H,27,28). The Labute approximate surface area is 170 Å². The molecular formula is C21H29N3O5. The predicted octanol–water partition coefficient (Wildman–Crippen LogP) is 2.17. The number of benzene rings is 1. The smallest absolute Gasteiger partial charge is 0.326 e. The topological polar surface area (TPSA) is 110 Å². The first-order chi connectivity index (χ1) is 13.6. The fourth-order valence-corrected chi connectivity index (χ4v) is 3.18. The van der Waals surface area contributed by atoms with Crippen LogP contribution in [0.5, 0.6) is 5.75 Å². The van der Waals surface area contributed by atoms with Crippen LogP contribution in [0.15, 0.2) is 24.3 Å². The van der Waals surface area contributed by atoms with Crippen LogP contribution in [-0.4, -0.2) is 46.7 Å². The van der Waals surface area contributed by atoms with Gasteiger partial charge in [0.25, 0.3) is 5.91 Å². The van der Waals surface area contributed by atoms with Crippen molar-refractivity contribution in [3.63, 3.8) is 0 Å². The number of fused-ring (bicyclic) bond motifs is 1. The van der Waals surface area contributed by atoms with E-state index in [4.69, 9.17) is 4.74 Å². The average molecular weight is 403 g/mol. The zero-order valence-electron chi connectivity index (χ0n) is 17.6. The van der Waals surface area contributed by atoms with Gasteiger partial charge in [0, 0.05) is 18.0 Å². The van der Waals surface area contributed by atoms with Crippen molar-refractivity contribution in [3.8, 4) is 5.75 Å². The first kappa shape index (κ1) is 22.3. The Morgan fingerprint density at radius 1 is 1.00 bits per heavy atom. The summed E-state index contributed by atoms with van der Waals surface area (Å²) in [5, 5.41) is 15.4. The minimum absolute atomic E-state index is 0.227. The number of hydrogen-bond acceptors (Lipinski definition) is 4. The molecule has 0 aliphatic carbocycles. The van der Waals surface area contributed by atoms with E-state index in [2.05, 4.69) is 10.6 Å². The summed E-state index contributed by atoms with van der Waals surface area (Å²) in [5.74, 6) is -1.86. The van der Waals surface area contributed by atoms with Crippen LogP contribution in [0.1, 0.15) is 38.2 Å². The molecule has 2 aromatic rings. The monoisotopic (exact) mass is 403 g/mol. The molecule has 3 N–H and O–H groups in total. The number of aliphatic carboxylic acids is 1. The van der Waals surface area contributed by atoms with Crippen LogP contribution in [0.2, 0.25) is 0 Å². The van der Waals surface area contributed by atoms with E-state index in [-0.39, 0.29) is 11.8 Å². The van der Waals surface area contributed by atoms with Crippen molar-refractivity contribution in [2.24, 2.45) is 18.9 Å². The minimum atomic E-state index is -1.11. The number of carboxylic acids is 1. The van der Waals surface area contributed by atoms with Gasteiger partial charge < -0.3 is 25.0 Å². The highest BCUT2D eigenvalue weighted by atomic mass is 16.5. The molecule has 158 valence electrons. The van der Waals surface area contributed by atoms with Gasteiger partial charge >= 0.3 is 5.97 Å². The van der Waals surface area contributed by atoms with Gasteiger partial charge in [-0.1, -0.05) is 27.7 Å². The summed E-state index contributed by atoms with van der Waals surface area (Å²) in [6.07, 6.45) is 0. The van der Waals surface area contributed by atoms with Crippen LogP contribution in [0.25, 0.3) is 10.9 Å². The van der Waals surface area contributed by atoms with E-state index in [0.717, 1.165) is 10.9 Å². The second-order valence-electron chi connectivity index (χ2n) is 7.78. The van der Waals surface area contributed by atoms with E-state index < -0.39 is 29.9 Å². The lowest BCUT2D eigenvalue weighted by Crippen LogP contribution is -2.55. The Kier molecular flexibility index (Phi) is 6.89. The molecule has 0 radical (unpaired) electrons. The normalized spacial score (nSPS) is 13.4. The molecule has 29 heavy (non-hydrogen) atoms. The van der Waals surface area contributed by atoms with E-state index in [9.17, 15) is 19.5 Å². The fourth-order valence-electron chi connectivity index (χ4n) is 3.18. The lowest BCUT2D eigenvalue weighted by atomic mass is 10.00. The highest BCUT2D eigenvalue weighted by molar-refractivity contribution is 6.01. The molecule has 1 heterocycles. The number of aryl methyl sites for hydroxylation is 1. The Morgan fingerprint density at radius 3 is 2.14 bits per heavy atom. The largest absolute Gasteiger partial charge is 0.497 e. The van der Waals surface area contributed by atoms with Crippen LogP contribution >= 0.6 is 0 Å². The fraction of sp³-hybridized carbons (Fsp3) is 0.476. The van der Waals surface area contributed by atoms with Crippen LogP contribution in [0.4, 0.5) is 0 Å². The maximum atomic E-state index is 12.9. The van der Waals surface area contributed by atoms with Gasteiger partial charge in [-0.3, -0.25) is 9.59 Å². The number of hydrogen-bond donors (Lipinski definition) is 3. The zero-order chi connectivity index (χ0) is 21.9. The maximum Gasteiger partial charge on any atom is 0.326 e. The van der Waals surface area contributed by atoms with E-state index in [0.29, 0.717) is 11.4 Å². The lowest BCUT2D eigenvalue weighted by molar-refractivity contribution is -0.143. The second kappa shape index (κ2) is 8.98. The first-order valence-corrected chi connectivity index (χ1v) is 9.54. The van der Waals surface area contributed by atoms with Gasteiger partial charge in [-0.25, -0.2) is 4.79 Å². The molecule has 1 aromatic heterocycles. The van der Waals surface area contributed by atoms with E-state index in [1.54, 1.807) is 52.5 Å². The molecular weight excluding hydrogens is 374 g/mol. The molecule has 2 atom stereocenters. The summed E-state index contributed by atoms with van der Waals surface area (Å²) in [7, 11) is 3.35. The number of aromatic nitrogens is 1. The van der Waals surface area contributed by atoms with Crippen molar-refractivity contribution in [2.45, 2.75) is 39.8 Å². The predicted molar refractivity (Wildman–Crippen MR) is 110 cm³/mol. The number of methoxy groups -OCH3 is 1. The molecule has 2 unspecified atom stereocenters. The van der Waals surface area contributed by atoms with E-state index >= 15 is 0 Å². The van der Waals surface area contributed by atoms with Crippen LogP contribution in [0, 0.1) is 11.8 Å².